The molecule has 1 aliphatic rings. The molecule has 0 saturated carbocycles. The Bertz CT molecular complexity index is 586. The maximum atomic E-state index is 5.66. The van der Waals surface area contributed by atoms with E-state index in [0.717, 1.165) is 56.4 Å². The molecule has 1 aliphatic heterocycles. The molecule has 6 heteroatoms. The minimum atomic E-state index is 0.638. The van der Waals surface area contributed by atoms with Gasteiger partial charge in [0.05, 0.1) is 13.7 Å². The van der Waals surface area contributed by atoms with Crippen LogP contribution in [0, 0.1) is 0 Å². The third-order valence-corrected chi connectivity index (χ3v) is 4.91. The number of aryl methyl sites for hydroxylation is 1. The van der Waals surface area contributed by atoms with Crippen molar-refractivity contribution in [2.45, 2.75) is 46.0 Å². The van der Waals surface area contributed by atoms with Crippen molar-refractivity contribution in [1.82, 2.24) is 15.5 Å². The molecular formula is C22H38N4O2. The van der Waals surface area contributed by atoms with Crippen molar-refractivity contribution in [1.29, 1.82) is 0 Å². The van der Waals surface area contributed by atoms with Crippen molar-refractivity contribution in [2.75, 3.05) is 53.0 Å². The first-order chi connectivity index (χ1) is 13.8. The van der Waals surface area contributed by atoms with E-state index in [2.05, 4.69) is 34.6 Å². The molecule has 1 aromatic rings. The van der Waals surface area contributed by atoms with Gasteiger partial charge in [0.25, 0.3) is 0 Å². The maximum absolute atomic E-state index is 5.66. The molecule has 0 aromatic heterocycles. The molecule has 1 heterocycles. The van der Waals surface area contributed by atoms with Gasteiger partial charge in [-0.2, -0.15) is 0 Å². The van der Waals surface area contributed by atoms with E-state index in [9.17, 15) is 0 Å². The average molecular weight is 391 g/mol. The van der Waals surface area contributed by atoms with Crippen LogP contribution in [0.2, 0.25) is 0 Å². The first-order valence-electron chi connectivity index (χ1n) is 10.8. The number of nitrogens with zero attached hydrogens (tertiary/aromatic N) is 2. The minimum Gasteiger partial charge on any atom is -0.493 e. The number of rotatable bonds is 12. The van der Waals surface area contributed by atoms with E-state index < -0.39 is 0 Å². The van der Waals surface area contributed by atoms with E-state index in [0.29, 0.717) is 6.61 Å². The Labute approximate surface area is 170 Å². The molecule has 2 N–H and O–H groups in total. The molecule has 1 saturated heterocycles. The Hall–Kier alpha value is -1.95. The quantitative estimate of drug-likeness (QED) is 0.326. The van der Waals surface area contributed by atoms with Crippen LogP contribution < -0.4 is 20.1 Å². The van der Waals surface area contributed by atoms with Crippen molar-refractivity contribution in [2.24, 2.45) is 4.99 Å². The van der Waals surface area contributed by atoms with Crippen LogP contribution in [0.1, 0.15) is 45.1 Å². The van der Waals surface area contributed by atoms with Crippen LogP contribution >= 0.6 is 0 Å². The molecule has 1 fully saturated rings. The number of ether oxygens (including phenoxy) is 2. The predicted octanol–water partition coefficient (Wildman–Crippen LogP) is 3.07. The van der Waals surface area contributed by atoms with E-state index in [-0.39, 0.29) is 0 Å². The van der Waals surface area contributed by atoms with E-state index in [4.69, 9.17) is 14.5 Å². The monoisotopic (exact) mass is 390 g/mol. The highest BCUT2D eigenvalue weighted by atomic mass is 16.5. The van der Waals surface area contributed by atoms with Crippen LogP contribution in [-0.4, -0.2) is 63.8 Å². The summed E-state index contributed by atoms with van der Waals surface area (Å²) in [5, 5.41) is 6.80. The summed E-state index contributed by atoms with van der Waals surface area (Å²) in [5.41, 5.74) is 1.25. The van der Waals surface area contributed by atoms with Crippen molar-refractivity contribution in [3.63, 3.8) is 0 Å². The van der Waals surface area contributed by atoms with Gasteiger partial charge in [0.2, 0.25) is 0 Å². The number of nitrogens with one attached hydrogen (secondary N) is 2. The van der Waals surface area contributed by atoms with Crippen molar-refractivity contribution in [3.8, 4) is 11.5 Å². The summed E-state index contributed by atoms with van der Waals surface area (Å²) in [6.07, 6.45) is 5.86. The smallest absolute Gasteiger partial charge is 0.191 e. The second kappa shape index (κ2) is 13.3. The van der Waals surface area contributed by atoms with Crippen LogP contribution in [0.15, 0.2) is 23.2 Å². The standard InChI is InChI=1S/C22H38N4O2/c1-4-23-22(25-14-9-17-26-15-6-7-16-26)24-13-8-10-19-11-12-20(27-3)21(18-19)28-5-2/h11-12,18H,4-10,13-17H2,1-3H3,(H2,23,24,25). The summed E-state index contributed by atoms with van der Waals surface area (Å²) < 4.78 is 11.0. The SMILES string of the molecule is CCNC(=NCCCc1ccc(OC)c(OCC)c1)NCCCN1CCCC1. The molecule has 28 heavy (non-hydrogen) atoms. The Morgan fingerprint density at radius 2 is 1.93 bits per heavy atom. The molecule has 0 unspecified atom stereocenters. The van der Waals surface area contributed by atoms with Gasteiger partial charge in [-0.15, -0.1) is 0 Å². The summed E-state index contributed by atoms with van der Waals surface area (Å²) >= 11 is 0. The summed E-state index contributed by atoms with van der Waals surface area (Å²) in [6, 6.07) is 6.16. The Morgan fingerprint density at radius 3 is 2.64 bits per heavy atom. The van der Waals surface area contributed by atoms with Gasteiger partial charge in [0.15, 0.2) is 17.5 Å². The number of likely N-dealkylation sites (tertiary alicyclic amines) is 1. The molecule has 0 radical (unpaired) electrons. The van der Waals surface area contributed by atoms with Gasteiger partial charge in [0, 0.05) is 19.6 Å². The third kappa shape index (κ3) is 7.97. The Kier molecular flexibility index (Phi) is 10.6. The molecule has 1 aromatic carbocycles. The summed E-state index contributed by atoms with van der Waals surface area (Å²) in [5.74, 6) is 2.53. The van der Waals surface area contributed by atoms with E-state index in [1.165, 1.54) is 38.0 Å². The van der Waals surface area contributed by atoms with Crippen molar-refractivity contribution < 1.29 is 9.47 Å². The first-order valence-corrected chi connectivity index (χ1v) is 10.8. The zero-order valence-corrected chi connectivity index (χ0v) is 17.9. The van der Waals surface area contributed by atoms with Gasteiger partial charge < -0.3 is 25.0 Å². The molecule has 0 bridgehead atoms. The zero-order valence-electron chi connectivity index (χ0n) is 17.9. The molecule has 6 nitrogen and oxygen atoms in total. The van der Waals surface area contributed by atoms with E-state index in [1.54, 1.807) is 7.11 Å². The third-order valence-electron chi connectivity index (χ3n) is 4.91. The van der Waals surface area contributed by atoms with Crippen molar-refractivity contribution in [3.05, 3.63) is 23.8 Å². The lowest BCUT2D eigenvalue weighted by molar-refractivity contribution is 0.310. The van der Waals surface area contributed by atoms with Crippen molar-refractivity contribution >= 4 is 5.96 Å². The molecule has 0 amide bonds. The Morgan fingerprint density at radius 1 is 1.11 bits per heavy atom. The lowest BCUT2D eigenvalue weighted by atomic mass is 10.1. The highest BCUT2D eigenvalue weighted by Gasteiger charge is 2.10. The molecule has 0 spiro atoms. The fraction of sp³-hybridized carbons (Fsp3) is 0.682. The topological polar surface area (TPSA) is 58.1 Å². The summed E-state index contributed by atoms with van der Waals surface area (Å²) in [4.78, 5) is 7.27. The molecule has 158 valence electrons. The van der Waals surface area contributed by atoms with Crippen LogP contribution in [0.3, 0.4) is 0 Å². The van der Waals surface area contributed by atoms with Gasteiger partial charge in [-0.05, 0) is 83.3 Å². The number of guanidine groups is 1. The molecular weight excluding hydrogens is 352 g/mol. The largest absolute Gasteiger partial charge is 0.493 e. The van der Waals surface area contributed by atoms with Gasteiger partial charge in [-0.3, -0.25) is 4.99 Å². The number of hydrogen-bond acceptors (Lipinski definition) is 4. The molecule has 0 aliphatic carbocycles. The minimum absolute atomic E-state index is 0.638. The highest BCUT2D eigenvalue weighted by molar-refractivity contribution is 5.79. The normalized spacial score (nSPS) is 14.9. The van der Waals surface area contributed by atoms with Gasteiger partial charge in [-0.1, -0.05) is 6.07 Å². The van der Waals surface area contributed by atoms with Gasteiger partial charge >= 0.3 is 0 Å². The summed E-state index contributed by atoms with van der Waals surface area (Å²) in [7, 11) is 1.67. The second-order valence-electron chi connectivity index (χ2n) is 7.11. The van der Waals surface area contributed by atoms with E-state index in [1.807, 2.05) is 13.0 Å². The summed E-state index contributed by atoms with van der Waals surface area (Å²) in [6.45, 7) is 11.1. The maximum Gasteiger partial charge on any atom is 0.191 e. The molecule has 0 atom stereocenters. The zero-order chi connectivity index (χ0) is 20.0. The van der Waals surface area contributed by atoms with Gasteiger partial charge in [0.1, 0.15) is 0 Å². The number of benzene rings is 1. The fourth-order valence-corrected chi connectivity index (χ4v) is 3.48. The van der Waals surface area contributed by atoms with Crippen LogP contribution in [0.4, 0.5) is 0 Å². The number of hydrogen-bond donors (Lipinski definition) is 2. The Balaban J connectivity index is 1.72. The van der Waals surface area contributed by atoms with Gasteiger partial charge in [-0.25, -0.2) is 0 Å². The highest BCUT2D eigenvalue weighted by Crippen LogP contribution is 2.28. The van der Waals surface area contributed by atoms with E-state index >= 15 is 0 Å². The van der Waals surface area contributed by atoms with Crippen LogP contribution in [0.25, 0.3) is 0 Å². The number of methoxy groups -OCH3 is 1. The lowest BCUT2D eigenvalue weighted by Gasteiger charge is -2.15. The van der Waals surface area contributed by atoms with Crippen LogP contribution in [-0.2, 0) is 6.42 Å². The van der Waals surface area contributed by atoms with Crippen LogP contribution in [0.5, 0.6) is 11.5 Å². The predicted molar refractivity (Wildman–Crippen MR) is 117 cm³/mol. The number of aliphatic imine (C=N–C) groups is 1. The average Bonchev–Trinajstić information content (AvgIpc) is 3.22. The second-order valence-corrected chi connectivity index (χ2v) is 7.11. The molecule has 2 rings (SSSR count). The lowest BCUT2D eigenvalue weighted by Crippen LogP contribution is -2.38. The fourth-order valence-electron chi connectivity index (χ4n) is 3.48. The first kappa shape index (κ1) is 22.3.